The molecule has 1 heterocycles. The van der Waals surface area contributed by atoms with E-state index in [0.717, 1.165) is 16.6 Å². The molecule has 0 radical (unpaired) electrons. The second-order valence-electron chi connectivity index (χ2n) is 3.88. The van der Waals surface area contributed by atoms with Crippen LogP contribution in [0.15, 0.2) is 59.5 Å². The van der Waals surface area contributed by atoms with Crippen molar-refractivity contribution in [3.8, 4) is 0 Å². The van der Waals surface area contributed by atoms with Gasteiger partial charge in [-0.15, -0.1) is 0 Å². The third-order valence-corrected chi connectivity index (χ3v) is 2.57. The van der Waals surface area contributed by atoms with Crippen LogP contribution in [-0.4, -0.2) is 17.1 Å². The lowest BCUT2D eigenvalue weighted by atomic mass is 10.1. The number of nitrogens with one attached hydrogen (secondary N) is 1. The van der Waals surface area contributed by atoms with E-state index in [1.165, 1.54) is 12.3 Å². The Balaban J connectivity index is 1.90. The maximum absolute atomic E-state index is 11.7. The Labute approximate surface area is 105 Å². The molecule has 2 rings (SSSR count). The molecule has 0 fully saturated rings. The molecule has 4 heteroatoms. The van der Waals surface area contributed by atoms with Gasteiger partial charge in [-0.2, -0.15) is 0 Å². The zero-order chi connectivity index (χ0) is 12.8. The first-order valence-electron chi connectivity index (χ1n) is 5.77. The number of aromatic nitrogens is 1. The van der Waals surface area contributed by atoms with Crippen molar-refractivity contribution in [3.05, 3.63) is 70.6 Å². The van der Waals surface area contributed by atoms with Crippen LogP contribution in [0.5, 0.6) is 0 Å². The van der Waals surface area contributed by atoms with Crippen molar-refractivity contribution in [2.75, 3.05) is 6.54 Å². The van der Waals surface area contributed by atoms with E-state index in [1.54, 1.807) is 12.1 Å². The van der Waals surface area contributed by atoms with Gasteiger partial charge in [0.15, 0.2) is 0 Å². The molecule has 0 atom stereocenters. The van der Waals surface area contributed by atoms with E-state index in [9.17, 15) is 9.59 Å². The number of nitrogens with zero attached hydrogens (tertiary/aromatic N) is 1. The van der Waals surface area contributed by atoms with Crippen molar-refractivity contribution in [2.45, 2.75) is 6.42 Å². The van der Waals surface area contributed by atoms with Crippen LogP contribution in [0.4, 0.5) is 4.79 Å². The summed E-state index contributed by atoms with van der Waals surface area (Å²) in [6.45, 7) is 0.504. The Morgan fingerprint density at radius 1 is 1.06 bits per heavy atom. The van der Waals surface area contributed by atoms with Crippen LogP contribution in [0.3, 0.4) is 0 Å². The third kappa shape index (κ3) is 3.07. The van der Waals surface area contributed by atoms with Gasteiger partial charge in [0.25, 0.3) is 5.56 Å². The lowest BCUT2D eigenvalue weighted by Crippen LogP contribution is -2.36. The topological polar surface area (TPSA) is 51.1 Å². The van der Waals surface area contributed by atoms with Gasteiger partial charge in [0, 0.05) is 18.8 Å². The first-order chi connectivity index (χ1) is 8.77. The van der Waals surface area contributed by atoms with Gasteiger partial charge in [-0.25, -0.2) is 9.36 Å². The van der Waals surface area contributed by atoms with E-state index in [1.807, 2.05) is 30.3 Å². The summed E-state index contributed by atoms with van der Waals surface area (Å²) in [6.07, 6.45) is 2.20. The van der Waals surface area contributed by atoms with E-state index in [0.29, 0.717) is 6.54 Å². The van der Waals surface area contributed by atoms with Crippen LogP contribution in [0, 0.1) is 0 Å². The van der Waals surface area contributed by atoms with E-state index < -0.39 is 6.03 Å². The van der Waals surface area contributed by atoms with E-state index >= 15 is 0 Å². The molecule has 0 unspecified atom stereocenters. The van der Waals surface area contributed by atoms with Gasteiger partial charge in [-0.3, -0.25) is 4.79 Å². The van der Waals surface area contributed by atoms with Gasteiger partial charge in [-0.05, 0) is 18.1 Å². The molecule has 1 aromatic heterocycles. The number of carbonyl (C=O) groups excluding carboxylic acids is 1. The summed E-state index contributed by atoms with van der Waals surface area (Å²) in [7, 11) is 0. The molecule has 1 amide bonds. The summed E-state index contributed by atoms with van der Waals surface area (Å²) in [5.41, 5.74) is 0.827. The summed E-state index contributed by atoms with van der Waals surface area (Å²) >= 11 is 0. The zero-order valence-corrected chi connectivity index (χ0v) is 9.87. The largest absolute Gasteiger partial charge is 0.337 e. The molecule has 18 heavy (non-hydrogen) atoms. The standard InChI is InChI=1S/C14H14N2O2/c17-13-8-4-5-11-16(13)14(18)15-10-9-12-6-2-1-3-7-12/h1-8,11H,9-10H2,(H,15,18). The summed E-state index contributed by atoms with van der Waals surface area (Å²) in [4.78, 5) is 23.1. The van der Waals surface area contributed by atoms with Gasteiger partial charge in [-0.1, -0.05) is 36.4 Å². The molecule has 0 saturated carbocycles. The zero-order valence-electron chi connectivity index (χ0n) is 9.87. The maximum atomic E-state index is 11.7. The molecule has 0 aliphatic heterocycles. The average Bonchev–Trinajstić information content (AvgIpc) is 2.40. The van der Waals surface area contributed by atoms with Crippen molar-refractivity contribution >= 4 is 6.03 Å². The number of amides is 1. The molecule has 0 spiro atoms. The Hall–Kier alpha value is -2.36. The molecule has 2 aromatic rings. The molecule has 1 aromatic carbocycles. The summed E-state index contributed by atoms with van der Waals surface area (Å²) < 4.78 is 1.06. The normalized spacial score (nSPS) is 10.0. The van der Waals surface area contributed by atoms with Gasteiger partial charge in [0.1, 0.15) is 0 Å². The second-order valence-corrected chi connectivity index (χ2v) is 3.88. The SMILES string of the molecule is O=C(NCCc1ccccc1)n1ccccc1=O. The van der Waals surface area contributed by atoms with Crippen LogP contribution in [0.2, 0.25) is 0 Å². The molecule has 92 valence electrons. The van der Waals surface area contributed by atoms with Crippen LogP contribution < -0.4 is 10.9 Å². The molecule has 0 aliphatic rings. The highest BCUT2D eigenvalue weighted by Crippen LogP contribution is 1.98. The smallest absolute Gasteiger partial charge is 0.328 e. The average molecular weight is 242 g/mol. The molecule has 1 N–H and O–H groups in total. The minimum Gasteiger partial charge on any atom is -0.337 e. The Kier molecular flexibility index (Phi) is 3.91. The molecule has 4 nitrogen and oxygen atoms in total. The lowest BCUT2D eigenvalue weighted by Gasteiger charge is -2.06. The molecule has 0 aliphatic carbocycles. The highest BCUT2D eigenvalue weighted by molar-refractivity contribution is 5.76. The molecular formula is C14H14N2O2. The number of carbonyl (C=O) groups is 1. The predicted octanol–water partition coefficient (Wildman–Crippen LogP) is 1.65. The summed E-state index contributed by atoms with van der Waals surface area (Å²) in [5, 5.41) is 2.71. The van der Waals surface area contributed by atoms with Gasteiger partial charge >= 0.3 is 6.03 Å². The first-order valence-corrected chi connectivity index (χ1v) is 5.77. The highest BCUT2D eigenvalue weighted by atomic mass is 16.2. The quantitative estimate of drug-likeness (QED) is 0.889. The van der Waals surface area contributed by atoms with Crippen molar-refractivity contribution in [1.29, 1.82) is 0 Å². The Bertz CT molecular complexity index is 576. The Morgan fingerprint density at radius 3 is 2.50 bits per heavy atom. The number of hydrogen-bond acceptors (Lipinski definition) is 2. The second kappa shape index (κ2) is 5.82. The van der Waals surface area contributed by atoms with E-state index in [-0.39, 0.29) is 5.56 Å². The molecule has 0 bridgehead atoms. The summed E-state index contributed by atoms with van der Waals surface area (Å²) in [5.74, 6) is 0. The van der Waals surface area contributed by atoms with Crippen molar-refractivity contribution in [3.63, 3.8) is 0 Å². The molecular weight excluding hydrogens is 228 g/mol. The van der Waals surface area contributed by atoms with Crippen LogP contribution in [-0.2, 0) is 6.42 Å². The summed E-state index contributed by atoms with van der Waals surface area (Å²) in [6, 6.07) is 14.1. The minimum absolute atomic E-state index is 0.324. The van der Waals surface area contributed by atoms with E-state index in [2.05, 4.69) is 5.32 Å². The van der Waals surface area contributed by atoms with Crippen LogP contribution in [0.25, 0.3) is 0 Å². The monoisotopic (exact) mass is 242 g/mol. The maximum Gasteiger partial charge on any atom is 0.328 e. The third-order valence-electron chi connectivity index (χ3n) is 2.57. The van der Waals surface area contributed by atoms with Crippen molar-refractivity contribution in [1.82, 2.24) is 9.88 Å². The number of rotatable bonds is 3. The Morgan fingerprint density at radius 2 is 1.78 bits per heavy atom. The number of hydrogen-bond donors (Lipinski definition) is 1. The number of pyridine rings is 1. The van der Waals surface area contributed by atoms with Crippen molar-refractivity contribution < 1.29 is 4.79 Å². The lowest BCUT2D eigenvalue weighted by molar-refractivity contribution is 0.241. The fourth-order valence-electron chi connectivity index (χ4n) is 1.64. The van der Waals surface area contributed by atoms with Gasteiger partial charge < -0.3 is 5.32 Å². The first kappa shape index (κ1) is 12.1. The van der Waals surface area contributed by atoms with Crippen molar-refractivity contribution in [2.24, 2.45) is 0 Å². The van der Waals surface area contributed by atoms with Gasteiger partial charge in [0.2, 0.25) is 0 Å². The fourth-order valence-corrected chi connectivity index (χ4v) is 1.64. The van der Waals surface area contributed by atoms with E-state index in [4.69, 9.17) is 0 Å². The fraction of sp³-hybridized carbons (Fsp3) is 0.143. The van der Waals surface area contributed by atoms with Crippen LogP contribution >= 0.6 is 0 Å². The highest BCUT2D eigenvalue weighted by Gasteiger charge is 2.04. The number of benzene rings is 1. The van der Waals surface area contributed by atoms with Gasteiger partial charge in [0.05, 0.1) is 0 Å². The van der Waals surface area contributed by atoms with Crippen LogP contribution in [0.1, 0.15) is 5.56 Å². The minimum atomic E-state index is -0.392. The molecule has 0 saturated heterocycles. The predicted molar refractivity (Wildman–Crippen MR) is 69.6 cm³/mol.